The summed E-state index contributed by atoms with van der Waals surface area (Å²) in [6.07, 6.45) is 1.70. The van der Waals surface area contributed by atoms with E-state index in [-0.39, 0.29) is 24.3 Å². The minimum atomic E-state index is -0.246. The van der Waals surface area contributed by atoms with Gasteiger partial charge in [0.05, 0.1) is 0 Å². The quantitative estimate of drug-likeness (QED) is 0.871. The second-order valence-corrected chi connectivity index (χ2v) is 6.81. The van der Waals surface area contributed by atoms with Crippen LogP contribution in [0.15, 0.2) is 42.6 Å². The number of hydrogen-bond acceptors (Lipinski definition) is 3. The van der Waals surface area contributed by atoms with Crippen molar-refractivity contribution in [2.75, 3.05) is 31.5 Å². The lowest BCUT2D eigenvalue weighted by Gasteiger charge is -2.34. The van der Waals surface area contributed by atoms with E-state index in [1.165, 1.54) is 6.92 Å². The molecule has 2 heterocycles. The molecule has 2 aromatic rings. The fraction of sp³-hybridized carbons (Fsp3) is 0.316. The van der Waals surface area contributed by atoms with Gasteiger partial charge < -0.3 is 19.7 Å². The zero-order valence-electron chi connectivity index (χ0n) is 15.0. The molecule has 7 nitrogen and oxygen atoms in total. The van der Waals surface area contributed by atoms with Crippen LogP contribution < -0.4 is 5.32 Å². The number of aromatic nitrogens is 1. The average Bonchev–Trinajstić information content (AvgIpc) is 3.09. The Kier molecular flexibility index (Phi) is 5.81. The number of carbonyl (C=O) groups is 3. The Morgan fingerprint density at radius 3 is 2.41 bits per heavy atom. The molecule has 0 spiro atoms. The molecule has 1 aromatic heterocycles. The number of carbonyl (C=O) groups excluding carboxylic acids is 3. The van der Waals surface area contributed by atoms with Crippen LogP contribution >= 0.6 is 11.6 Å². The van der Waals surface area contributed by atoms with E-state index in [0.717, 1.165) is 0 Å². The largest absolute Gasteiger partial charge is 0.339 e. The van der Waals surface area contributed by atoms with Crippen LogP contribution in [0.4, 0.5) is 5.69 Å². The highest BCUT2D eigenvalue weighted by molar-refractivity contribution is 6.30. The minimum Gasteiger partial charge on any atom is -0.339 e. The number of benzene rings is 1. The maximum Gasteiger partial charge on any atom is 0.270 e. The van der Waals surface area contributed by atoms with Crippen molar-refractivity contribution in [2.24, 2.45) is 0 Å². The standard InChI is InChI=1S/C19H21ClN4O3/c1-14(25)22-8-10-23(11-9-22)19(27)17-6-3-7-24(17)13-18(26)21-16-5-2-4-15(20)12-16/h2-7,12H,8-11,13H2,1H3,(H,21,26). The lowest BCUT2D eigenvalue weighted by molar-refractivity contribution is -0.130. The molecule has 0 aliphatic carbocycles. The number of halogens is 1. The van der Waals surface area contributed by atoms with Crippen molar-refractivity contribution in [3.05, 3.63) is 53.3 Å². The van der Waals surface area contributed by atoms with Gasteiger partial charge in [0, 0.05) is 50.0 Å². The van der Waals surface area contributed by atoms with Gasteiger partial charge in [-0.05, 0) is 30.3 Å². The number of rotatable bonds is 4. The van der Waals surface area contributed by atoms with Gasteiger partial charge in [-0.15, -0.1) is 0 Å². The number of nitrogens with zero attached hydrogens (tertiary/aromatic N) is 3. The maximum atomic E-state index is 12.8. The maximum absolute atomic E-state index is 12.8. The number of hydrogen-bond donors (Lipinski definition) is 1. The van der Waals surface area contributed by atoms with Crippen molar-refractivity contribution < 1.29 is 14.4 Å². The first-order valence-electron chi connectivity index (χ1n) is 8.69. The molecule has 1 fully saturated rings. The molecule has 1 aromatic carbocycles. The van der Waals surface area contributed by atoms with Crippen LogP contribution in [0.5, 0.6) is 0 Å². The van der Waals surface area contributed by atoms with E-state index in [0.29, 0.717) is 42.6 Å². The summed E-state index contributed by atoms with van der Waals surface area (Å²) >= 11 is 5.92. The number of anilines is 1. The Morgan fingerprint density at radius 2 is 1.74 bits per heavy atom. The van der Waals surface area contributed by atoms with E-state index in [9.17, 15) is 14.4 Å². The molecule has 0 unspecified atom stereocenters. The first-order chi connectivity index (χ1) is 12.9. The van der Waals surface area contributed by atoms with Gasteiger partial charge >= 0.3 is 0 Å². The molecule has 0 saturated carbocycles. The molecule has 1 aliphatic rings. The van der Waals surface area contributed by atoms with Crippen LogP contribution in [0.25, 0.3) is 0 Å². The van der Waals surface area contributed by atoms with Gasteiger partial charge in [0.2, 0.25) is 11.8 Å². The van der Waals surface area contributed by atoms with Gasteiger partial charge in [-0.2, -0.15) is 0 Å². The average molecular weight is 389 g/mol. The van der Waals surface area contributed by atoms with Gasteiger partial charge in [-0.25, -0.2) is 0 Å². The van der Waals surface area contributed by atoms with Crippen molar-refractivity contribution >= 4 is 35.0 Å². The predicted molar refractivity (Wildman–Crippen MR) is 103 cm³/mol. The summed E-state index contributed by atoms with van der Waals surface area (Å²) in [5, 5.41) is 3.31. The SMILES string of the molecule is CC(=O)N1CCN(C(=O)c2cccn2CC(=O)Nc2cccc(Cl)c2)CC1. The van der Waals surface area contributed by atoms with Crippen molar-refractivity contribution in [3.8, 4) is 0 Å². The molecule has 0 radical (unpaired) electrons. The molecule has 8 heteroatoms. The molecule has 3 amide bonds. The van der Waals surface area contributed by atoms with Crippen LogP contribution in [0.2, 0.25) is 5.02 Å². The summed E-state index contributed by atoms with van der Waals surface area (Å²) in [5.74, 6) is -0.370. The monoisotopic (exact) mass is 388 g/mol. The van der Waals surface area contributed by atoms with Crippen molar-refractivity contribution in [1.82, 2.24) is 14.4 Å². The number of nitrogens with one attached hydrogen (secondary N) is 1. The molecule has 1 aliphatic heterocycles. The van der Waals surface area contributed by atoms with Gasteiger partial charge in [0.15, 0.2) is 0 Å². The Morgan fingerprint density at radius 1 is 1.04 bits per heavy atom. The van der Waals surface area contributed by atoms with Crippen LogP contribution in [0.1, 0.15) is 17.4 Å². The molecule has 142 valence electrons. The van der Waals surface area contributed by atoms with Gasteiger partial charge in [-0.3, -0.25) is 14.4 Å². The molecule has 3 rings (SSSR count). The third-order valence-corrected chi connectivity index (χ3v) is 4.72. The smallest absolute Gasteiger partial charge is 0.270 e. The Bertz CT molecular complexity index is 856. The van der Waals surface area contributed by atoms with Crippen LogP contribution in [0.3, 0.4) is 0 Å². The first kappa shape index (κ1) is 19.0. The molecule has 1 N–H and O–H groups in total. The lowest BCUT2D eigenvalue weighted by Crippen LogP contribution is -2.50. The molecule has 0 bridgehead atoms. The second kappa shape index (κ2) is 8.26. The van der Waals surface area contributed by atoms with Crippen molar-refractivity contribution in [3.63, 3.8) is 0 Å². The van der Waals surface area contributed by atoms with E-state index in [1.54, 1.807) is 57.0 Å². The summed E-state index contributed by atoms with van der Waals surface area (Å²) in [7, 11) is 0. The lowest BCUT2D eigenvalue weighted by atomic mass is 10.2. The molecule has 1 saturated heterocycles. The van der Waals surface area contributed by atoms with Gasteiger partial charge in [0.1, 0.15) is 12.2 Å². The minimum absolute atomic E-state index is 0.0168. The van der Waals surface area contributed by atoms with E-state index >= 15 is 0 Å². The Balaban J connectivity index is 1.62. The van der Waals surface area contributed by atoms with Gasteiger partial charge in [-0.1, -0.05) is 17.7 Å². The van der Waals surface area contributed by atoms with Crippen LogP contribution in [-0.2, 0) is 16.1 Å². The third kappa shape index (κ3) is 4.68. The highest BCUT2D eigenvalue weighted by atomic mass is 35.5. The van der Waals surface area contributed by atoms with Crippen molar-refractivity contribution in [1.29, 1.82) is 0 Å². The summed E-state index contributed by atoms with van der Waals surface area (Å²) in [6, 6.07) is 10.3. The fourth-order valence-electron chi connectivity index (χ4n) is 3.05. The zero-order valence-corrected chi connectivity index (χ0v) is 15.8. The number of piperazine rings is 1. The summed E-state index contributed by atoms with van der Waals surface area (Å²) in [5.41, 5.74) is 1.06. The van der Waals surface area contributed by atoms with Gasteiger partial charge in [0.25, 0.3) is 5.91 Å². The van der Waals surface area contributed by atoms with E-state index < -0.39 is 0 Å². The zero-order chi connectivity index (χ0) is 19.4. The third-order valence-electron chi connectivity index (χ3n) is 4.48. The van der Waals surface area contributed by atoms with E-state index in [2.05, 4.69) is 5.32 Å². The molecular formula is C19H21ClN4O3. The van der Waals surface area contributed by atoms with E-state index in [4.69, 9.17) is 11.6 Å². The fourth-order valence-corrected chi connectivity index (χ4v) is 3.24. The van der Waals surface area contributed by atoms with Crippen LogP contribution in [0, 0.1) is 0 Å². The van der Waals surface area contributed by atoms with E-state index in [1.807, 2.05) is 0 Å². The Hall–Kier alpha value is -2.80. The summed E-state index contributed by atoms with van der Waals surface area (Å²) < 4.78 is 1.62. The molecule has 27 heavy (non-hydrogen) atoms. The number of amides is 3. The normalized spacial score (nSPS) is 14.1. The molecular weight excluding hydrogens is 368 g/mol. The highest BCUT2D eigenvalue weighted by Gasteiger charge is 2.25. The second-order valence-electron chi connectivity index (χ2n) is 6.38. The van der Waals surface area contributed by atoms with Crippen LogP contribution in [-0.4, -0.2) is 58.3 Å². The first-order valence-corrected chi connectivity index (χ1v) is 9.07. The highest BCUT2D eigenvalue weighted by Crippen LogP contribution is 2.15. The topological polar surface area (TPSA) is 74.7 Å². The van der Waals surface area contributed by atoms with Crippen molar-refractivity contribution in [2.45, 2.75) is 13.5 Å². The summed E-state index contributed by atoms with van der Waals surface area (Å²) in [6.45, 7) is 3.57. The molecule has 0 atom stereocenters. The predicted octanol–water partition coefficient (Wildman–Crippen LogP) is 2.08. The Labute approximate surface area is 162 Å². The summed E-state index contributed by atoms with van der Waals surface area (Å²) in [4.78, 5) is 40.0.